The van der Waals surface area contributed by atoms with E-state index in [1.54, 1.807) is 9.58 Å². The van der Waals surface area contributed by atoms with Gasteiger partial charge in [0.15, 0.2) is 6.19 Å². The summed E-state index contributed by atoms with van der Waals surface area (Å²) in [4.78, 5) is 15.8. The Bertz CT molecular complexity index is 562. The van der Waals surface area contributed by atoms with E-state index in [2.05, 4.69) is 16.6 Å². The molecule has 0 spiro atoms. The van der Waals surface area contributed by atoms with Crippen molar-refractivity contribution in [2.24, 2.45) is 7.05 Å². The van der Waals surface area contributed by atoms with Crippen LogP contribution in [0.4, 0.5) is 4.79 Å². The summed E-state index contributed by atoms with van der Waals surface area (Å²) >= 11 is 0. The van der Waals surface area contributed by atoms with Crippen LogP contribution in [0.25, 0.3) is 0 Å². The summed E-state index contributed by atoms with van der Waals surface area (Å²) in [6.45, 7) is 2.88. The number of nitrogens with one attached hydrogen (secondary N) is 1. The summed E-state index contributed by atoms with van der Waals surface area (Å²) in [5, 5.41) is 16.1. The first-order valence-electron chi connectivity index (χ1n) is 7.34. The fourth-order valence-corrected chi connectivity index (χ4v) is 3.10. The first-order chi connectivity index (χ1) is 10.2. The molecule has 0 aliphatic carbocycles. The number of carbonyl (C=O) groups excluding carboxylic acids is 1. The van der Waals surface area contributed by atoms with Gasteiger partial charge in [-0.3, -0.25) is 4.68 Å². The molecule has 0 aromatic carbocycles. The van der Waals surface area contributed by atoms with Gasteiger partial charge in [0.25, 0.3) is 0 Å². The number of urea groups is 1. The molecule has 7 nitrogen and oxygen atoms in total. The van der Waals surface area contributed by atoms with E-state index >= 15 is 0 Å². The van der Waals surface area contributed by atoms with Gasteiger partial charge in [0.05, 0.1) is 12.2 Å². The van der Waals surface area contributed by atoms with E-state index in [0.29, 0.717) is 12.5 Å². The average Bonchev–Trinajstić information content (AvgIpc) is 3.17. The zero-order valence-electron chi connectivity index (χ0n) is 12.2. The number of aromatic nitrogens is 2. The maximum atomic E-state index is 12.3. The Morgan fingerprint density at radius 2 is 2.29 bits per heavy atom. The molecule has 1 aromatic heterocycles. The van der Waals surface area contributed by atoms with Crippen LogP contribution in [0.1, 0.15) is 24.3 Å². The van der Waals surface area contributed by atoms with E-state index in [9.17, 15) is 4.79 Å². The molecule has 3 heterocycles. The second-order valence-corrected chi connectivity index (χ2v) is 5.86. The Labute approximate surface area is 124 Å². The maximum absolute atomic E-state index is 12.3. The highest BCUT2D eigenvalue weighted by Gasteiger charge is 2.30. The molecule has 1 unspecified atom stereocenters. The Balaban J connectivity index is 1.52. The van der Waals surface area contributed by atoms with Crippen LogP contribution in [0, 0.1) is 11.5 Å². The van der Waals surface area contributed by atoms with Crippen molar-refractivity contribution in [1.82, 2.24) is 24.9 Å². The van der Waals surface area contributed by atoms with Gasteiger partial charge in [-0.15, -0.1) is 0 Å². The number of hydrogen-bond acceptors (Lipinski definition) is 4. The van der Waals surface area contributed by atoms with Gasteiger partial charge in [0, 0.05) is 45.3 Å². The third-order valence-electron chi connectivity index (χ3n) is 4.33. The van der Waals surface area contributed by atoms with Gasteiger partial charge in [-0.2, -0.15) is 10.4 Å². The maximum Gasteiger partial charge on any atom is 0.317 e. The van der Waals surface area contributed by atoms with Crippen molar-refractivity contribution in [3.05, 3.63) is 18.0 Å². The van der Waals surface area contributed by atoms with Crippen molar-refractivity contribution in [2.45, 2.75) is 24.8 Å². The predicted octanol–water partition coefficient (Wildman–Crippen LogP) is 0.474. The highest BCUT2D eigenvalue weighted by molar-refractivity contribution is 5.75. The van der Waals surface area contributed by atoms with E-state index in [0.717, 1.165) is 32.5 Å². The zero-order valence-corrected chi connectivity index (χ0v) is 12.2. The van der Waals surface area contributed by atoms with Crippen molar-refractivity contribution in [3.63, 3.8) is 0 Å². The predicted molar refractivity (Wildman–Crippen MR) is 76.3 cm³/mol. The van der Waals surface area contributed by atoms with Gasteiger partial charge < -0.3 is 15.1 Å². The molecule has 1 aromatic rings. The van der Waals surface area contributed by atoms with Crippen molar-refractivity contribution in [2.75, 3.05) is 26.2 Å². The van der Waals surface area contributed by atoms with Crippen LogP contribution in [-0.4, -0.2) is 57.8 Å². The van der Waals surface area contributed by atoms with Crippen LogP contribution < -0.4 is 5.32 Å². The first kappa shape index (κ1) is 13.7. The summed E-state index contributed by atoms with van der Waals surface area (Å²) in [7, 11) is 1.91. The normalized spacial score (nSPS) is 25.1. The summed E-state index contributed by atoms with van der Waals surface area (Å²) in [6.07, 6.45) is 7.86. The molecule has 2 amide bonds. The lowest BCUT2D eigenvalue weighted by molar-refractivity contribution is 0.204. The summed E-state index contributed by atoms with van der Waals surface area (Å²) in [5.41, 5.74) is 1.20. The van der Waals surface area contributed by atoms with Crippen molar-refractivity contribution in [1.29, 1.82) is 5.26 Å². The molecule has 0 saturated carbocycles. The number of hydrogen-bond donors (Lipinski definition) is 1. The lowest BCUT2D eigenvalue weighted by Gasteiger charge is -2.20. The SMILES string of the molecule is Cn1cc(C2CCN(C(=O)N[C@@H]3CCN(C#N)C3)C2)cn1. The molecule has 0 bridgehead atoms. The largest absolute Gasteiger partial charge is 0.333 e. The summed E-state index contributed by atoms with van der Waals surface area (Å²) < 4.78 is 1.80. The average molecular weight is 288 g/mol. The number of nitriles is 1. The van der Waals surface area contributed by atoms with E-state index in [1.165, 1.54) is 5.56 Å². The third-order valence-corrected chi connectivity index (χ3v) is 4.33. The van der Waals surface area contributed by atoms with Crippen molar-refractivity contribution < 1.29 is 4.79 Å². The second kappa shape index (κ2) is 5.64. The number of aryl methyl sites for hydroxylation is 1. The number of carbonyl (C=O) groups is 1. The zero-order chi connectivity index (χ0) is 14.8. The quantitative estimate of drug-likeness (QED) is 0.803. The fourth-order valence-electron chi connectivity index (χ4n) is 3.10. The fraction of sp³-hybridized carbons (Fsp3) is 0.643. The number of amides is 2. The Morgan fingerprint density at radius 3 is 2.95 bits per heavy atom. The molecular formula is C14H20N6O. The van der Waals surface area contributed by atoms with Crippen LogP contribution in [0.3, 0.4) is 0 Å². The molecule has 0 radical (unpaired) electrons. The standard InChI is InChI=1S/C14H20N6O/c1-18-7-12(6-16-18)11-2-5-20(8-11)14(21)17-13-3-4-19(9-13)10-15/h6-7,11,13H,2-5,8-9H2,1H3,(H,17,21)/t11?,13-/m1/s1. The lowest BCUT2D eigenvalue weighted by atomic mass is 10.0. The molecule has 3 rings (SSSR count). The lowest BCUT2D eigenvalue weighted by Crippen LogP contribution is -2.44. The van der Waals surface area contributed by atoms with Crippen LogP contribution in [-0.2, 0) is 7.05 Å². The minimum absolute atomic E-state index is 0.00817. The molecule has 7 heteroatoms. The van der Waals surface area contributed by atoms with E-state index in [-0.39, 0.29) is 12.1 Å². The Morgan fingerprint density at radius 1 is 1.43 bits per heavy atom. The van der Waals surface area contributed by atoms with Gasteiger partial charge >= 0.3 is 6.03 Å². The summed E-state index contributed by atoms with van der Waals surface area (Å²) in [6, 6.07) is 0.0840. The molecule has 112 valence electrons. The molecular weight excluding hydrogens is 268 g/mol. The molecule has 2 atom stereocenters. The number of rotatable bonds is 2. The van der Waals surface area contributed by atoms with Crippen LogP contribution in [0.5, 0.6) is 0 Å². The molecule has 2 aliphatic heterocycles. The van der Waals surface area contributed by atoms with Gasteiger partial charge in [-0.1, -0.05) is 0 Å². The van der Waals surface area contributed by atoms with E-state index in [1.807, 2.05) is 24.3 Å². The van der Waals surface area contributed by atoms with Crippen LogP contribution in [0.15, 0.2) is 12.4 Å². The molecule has 2 aliphatic rings. The van der Waals surface area contributed by atoms with Crippen molar-refractivity contribution >= 4 is 6.03 Å². The highest BCUT2D eigenvalue weighted by atomic mass is 16.2. The monoisotopic (exact) mass is 288 g/mol. The molecule has 21 heavy (non-hydrogen) atoms. The number of likely N-dealkylation sites (tertiary alicyclic amines) is 2. The smallest absolute Gasteiger partial charge is 0.317 e. The highest BCUT2D eigenvalue weighted by Crippen LogP contribution is 2.26. The van der Waals surface area contributed by atoms with Crippen LogP contribution in [0.2, 0.25) is 0 Å². The summed E-state index contributed by atoms with van der Waals surface area (Å²) in [5.74, 6) is 0.378. The van der Waals surface area contributed by atoms with Gasteiger partial charge in [0.2, 0.25) is 0 Å². The minimum Gasteiger partial charge on any atom is -0.333 e. The topological polar surface area (TPSA) is 77.2 Å². The van der Waals surface area contributed by atoms with Crippen LogP contribution >= 0.6 is 0 Å². The Hall–Kier alpha value is -2.23. The first-order valence-corrected chi connectivity index (χ1v) is 7.34. The minimum atomic E-state index is -0.00817. The number of nitrogens with zero attached hydrogens (tertiary/aromatic N) is 5. The van der Waals surface area contributed by atoms with Gasteiger partial charge in [0.1, 0.15) is 0 Å². The third kappa shape index (κ3) is 2.94. The van der Waals surface area contributed by atoms with Gasteiger partial charge in [-0.25, -0.2) is 4.79 Å². The van der Waals surface area contributed by atoms with Crippen molar-refractivity contribution in [3.8, 4) is 6.19 Å². The van der Waals surface area contributed by atoms with Gasteiger partial charge in [-0.05, 0) is 18.4 Å². The molecule has 2 fully saturated rings. The second-order valence-electron chi connectivity index (χ2n) is 5.86. The van der Waals surface area contributed by atoms with E-state index < -0.39 is 0 Å². The molecule has 2 saturated heterocycles. The molecule has 1 N–H and O–H groups in total. The van der Waals surface area contributed by atoms with E-state index in [4.69, 9.17) is 5.26 Å². The Kier molecular flexibility index (Phi) is 3.69.